The van der Waals surface area contributed by atoms with Crippen LogP contribution in [0.5, 0.6) is 11.5 Å². The van der Waals surface area contributed by atoms with Crippen LogP contribution in [0.25, 0.3) is 0 Å². The second kappa shape index (κ2) is 8.18. The summed E-state index contributed by atoms with van der Waals surface area (Å²) in [6, 6.07) is 15.1. The average molecular weight is 390 g/mol. The Hall–Kier alpha value is -3.61. The highest BCUT2D eigenvalue weighted by Crippen LogP contribution is 2.31. The van der Waals surface area contributed by atoms with Crippen LogP contribution in [-0.4, -0.2) is 36.6 Å². The lowest BCUT2D eigenvalue weighted by molar-refractivity contribution is 0.0980. The van der Waals surface area contributed by atoms with Crippen molar-refractivity contribution in [1.82, 2.24) is 9.97 Å². The average Bonchev–Trinajstić information content (AvgIpc) is 2.78. The van der Waals surface area contributed by atoms with Crippen LogP contribution in [0.2, 0.25) is 0 Å². The van der Waals surface area contributed by atoms with Crippen LogP contribution in [0.4, 0.5) is 17.3 Å². The fraction of sp³-hybridized carbons (Fsp3) is 0.227. The van der Waals surface area contributed by atoms with Crippen molar-refractivity contribution < 1.29 is 14.3 Å². The lowest BCUT2D eigenvalue weighted by Crippen LogP contribution is -2.36. The molecule has 1 N–H and O–H groups in total. The molecule has 2 aromatic carbocycles. The number of nitrogens with one attached hydrogen (secondary N) is 1. The van der Waals surface area contributed by atoms with E-state index in [0.717, 1.165) is 24.2 Å². The third-order valence-electron chi connectivity index (χ3n) is 4.87. The number of carbonyl (C=O) groups excluding carboxylic acids is 1. The van der Waals surface area contributed by atoms with E-state index in [-0.39, 0.29) is 5.91 Å². The molecule has 3 aromatic rings. The quantitative estimate of drug-likeness (QED) is 0.714. The van der Waals surface area contributed by atoms with Gasteiger partial charge in [0.25, 0.3) is 5.91 Å². The number of hydrogen-bond acceptors (Lipinski definition) is 6. The van der Waals surface area contributed by atoms with Crippen LogP contribution in [0.1, 0.15) is 22.5 Å². The molecular weight excluding hydrogens is 368 g/mol. The van der Waals surface area contributed by atoms with E-state index < -0.39 is 0 Å². The normalized spacial score (nSPS) is 12.8. The number of nitrogens with zero attached hydrogens (tertiary/aromatic N) is 3. The van der Waals surface area contributed by atoms with Gasteiger partial charge in [0.15, 0.2) is 11.5 Å². The summed E-state index contributed by atoms with van der Waals surface area (Å²) in [7, 11) is 3.16. The number of ether oxygens (including phenoxy) is 2. The van der Waals surface area contributed by atoms with Crippen LogP contribution in [0, 0.1) is 0 Å². The number of aryl methyl sites for hydroxylation is 1. The fourth-order valence-electron chi connectivity index (χ4n) is 3.46. The summed E-state index contributed by atoms with van der Waals surface area (Å²) >= 11 is 0. The fourth-order valence-corrected chi connectivity index (χ4v) is 3.46. The molecule has 29 heavy (non-hydrogen) atoms. The number of fused-ring (bicyclic) bond motifs is 1. The molecule has 7 nitrogen and oxygen atoms in total. The highest BCUT2D eigenvalue weighted by molar-refractivity contribution is 6.05. The van der Waals surface area contributed by atoms with Crippen molar-refractivity contribution in [1.29, 1.82) is 0 Å². The van der Waals surface area contributed by atoms with Crippen molar-refractivity contribution in [3.8, 4) is 11.5 Å². The molecule has 1 aromatic heterocycles. The van der Waals surface area contributed by atoms with Gasteiger partial charge < -0.3 is 19.7 Å². The predicted molar refractivity (Wildman–Crippen MR) is 111 cm³/mol. The number of hydrogen-bond donors (Lipinski definition) is 1. The minimum Gasteiger partial charge on any atom is -0.493 e. The van der Waals surface area contributed by atoms with Crippen molar-refractivity contribution in [2.24, 2.45) is 0 Å². The zero-order chi connectivity index (χ0) is 20.2. The van der Waals surface area contributed by atoms with Crippen LogP contribution < -0.4 is 19.7 Å². The van der Waals surface area contributed by atoms with Gasteiger partial charge in [-0.15, -0.1) is 0 Å². The minimum absolute atomic E-state index is 0.130. The number of benzene rings is 2. The maximum atomic E-state index is 13.1. The summed E-state index contributed by atoms with van der Waals surface area (Å²) in [4.78, 5) is 23.6. The summed E-state index contributed by atoms with van der Waals surface area (Å²) in [5, 5.41) is 3.12. The van der Waals surface area contributed by atoms with Gasteiger partial charge in [0.2, 0.25) is 5.95 Å². The van der Waals surface area contributed by atoms with Gasteiger partial charge in [-0.2, -0.15) is 0 Å². The molecule has 2 heterocycles. The van der Waals surface area contributed by atoms with Gasteiger partial charge in [-0.3, -0.25) is 4.79 Å². The van der Waals surface area contributed by atoms with E-state index in [1.165, 1.54) is 5.56 Å². The van der Waals surface area contributed by atoms with Gasteiger partial charge in [0, 0.05) is 30.2 Å². The van der Waals surface area contributed by atoms with Crippen LogP contribution >= 0.6 is 0 Å². The number of methoxy groups -OCH3 is 2. The van der Waals surface area contributed by atoms with Gasteiger partial charge >= 0.3 is 0 Å². The van der Waals surface area contributed by atoms with Crippen molar-refractivity contribution in [2.75, 3.05) is 31.0 Å². The summed E-state index contributed by atoms with van der Waals surface area (Å²) < 4.78 is 10.6. The Morgan fingerprint density at radius 2 is 1.90 bits per heavy atom. The number of carbonyl (C=O) groups is 1. The maximum absolute atomic E-state index is 13.1. The summed E-state index contributed by atoms with van der Waals surface area (Å²) in [6.07, 6.45) is 3.50. The molecule has 4 rings (SSSR count). The molecule has 0 unspecified atom stereocenters. The van der Waals surface area contributed by atoms with E-state index in [1.54, 1.807) is 43.5 Å². The van der Waals surface area contributed by atoms with Gasteiger partial charge in [0.1, 0.15) is 5.69 Å². The highest BCUT2D eigenvalue weighted by atomic mass is 16.5. The highest BCUT2D eigenvalue weighted by Gasteiger charge is 2.24. The molecule has 148 valence electrons. The molecule has 7 heteroatoms. The van der Waals surface area contributed by atoms with Gasteiger partial charge in [-0.1, -0.05) is 18.2 Å². The van der Waals surface area contributed by atoms with E-state index >= 15 is 0 Å². The molecule has 0 fully saturated rings. The zero-order valence-corrected chi connectivity index (χ0v) is 16.4. The molecule has 1 aliphatic rings. The first kappa shape index (κ1) is 18.7. The third kappa shape index (κ3) is 3.85. The number of para-hydroxylation sites is 1. The Morgan fingerprint density at radius 3 is 2.72 bits per heavy atom. The minimum atomic E-state index is -0.130. The molecule has 1 aliphatic heterocycles. The Balaban J connectivity index is 1.57. The Labute approximate surface area is 169 Å². The van der Waals surface area contributed by atoms with Crippen molar-refractivity contribution in [2.45, 2.75) is 12.8 Å². The van der Waals surface area contributed by atoms with Crippen LogP contribution in [-0.2, 0) is 6.42 Å². The zero-order valence-electron chi connectivity index (χ0n) is 16.4. The second-order valence-corrected chi connectivity index (χ2v) is 6.65. The van der Waals surface area contributed by atoms with E-state index in [2.05, 4.69) is 21.4 Å². The molecule has 0 saturated heterocycles. The first-order valence-corrected chi connectivity index (χ1v) is 9.41. The van der Waals surface area contributed by atoms with Crippen molar-refractivity contribution in [3.05, 3.63) is 66.0 Å². The van der Waals surface area contributed by atoms with E-state index in [1.807, 2.05) is 24.3 Å². The SMILES string of the molecule is COc1ccc(Nc2nccc(C(=O)N3CCCc4ccccc43)n2)cc1OC. The molecule has 0 saturated carbocycles. The molecule has 0 spiro atoms. The summed E-state index contributed by atoms with van der Waals surface area (Å²) in [5.74, 6) is 1.43. The maximum Gasteiger partial charge on any atom is 0.277 e. The summed E-state index contributed by atoms with van der Waals surface area (Å²) in [5.41, 5.74) is 3.22. The van der Waals surface area contributed by atoms with E-state index in [9.17, 15) is 4.79 Å². The van der Waals surface area contributed by atoms with E-state index in [4.69, 9.17) is 9.47 Å². The van der Waals surface area contributed by atoms with Crippen molar-refractivity contribution >= 4 is 23.2 Å². The molecule has 0 atom stereocenters. The lowest BCUT2D eigenvalue weighted by atomic mass is 10.0. The number of amides is 1. The Morgan fingerprint density at radius 1 is 1.07 bits per heavy atom. The molecule has 0 radical (unpaired) electrons. The standard InChI is InChI=1S/C22H22N4O3/c1-28-19-10-9-16(14-20(19)29-2)24-22-23-12-11-17(25-22)21(27)26-13-5-7-15-6-3-4-8-18(15)26/h3-4,6,8-12,14H,5,7,13H2,1-2H3,(H,23,24,25). The first-order chi connectivity index (χ1) is 14.2. The molecule has 0 bridgehead atoms. The Bertz CT molecular complexity index is 1040. The number of anilines is 3. The predicted octanol–water partition coefficient (Wildman–Crippen LogP) is 3.83. The van der Waals surface area contributed by atoms with Crippen LogP contribution in [0.3, 0.4) is 0 Å². The van der Waals surface area contributed by atoms with E-state index in [0.29, 0.717) is 29.7 Å². The second-order valence-electron chi connectivity index (χ2n) is 6.65. The summed E-state index contributed by atoms with van der Waals surface area (Å²) in [6.45, 7) is 0.679. The monoisotopic (exact) mass is 390 g/mol. The largest absolute Gasteiger partial charge is 0.493 e. The molecular formula is C22H22N4O3. The Kier molecular flexibility index (Phi) is 5.29. The van der Waals surface area contributed by atoms with Gasteiger partial charge in [-0.05, 0) is 42.7 Å². The van der Waals surface area contributed by atoms with Crippen LogP contribution in [0.15, 0.2) is 54.7 Å². The molecule has 0 aliphatic carbocycles. The third-order valence-corrected chi connectivity index (χ3v) is 4.87. The first-order valence-electron chi connectivity index (χ1n) is 9.41. The molecule has 1 amide bonds. The number of rotatable bonds is 5. The lowest BCUT2D eigenvalue weighted by Gasteiger charge is -2.29. The number of aromatic nitrogens is 2. The van der Waals surface area contributed by atoms with Gasteiger partial charge in [-0.25, -0.2) is 9.97 Å². The topological polar surface area (TPSA) is 76.6 Å². The van der Waals surface area contributed by atoms with Gasteiger partial charge in [0.05, 0.1) is 14.2 Å². The van der Waals surface area contributed by atoms with Crippen molar-refractivity contribution in [3.63, 3.8) is 0 Å². The smallest absolute Gasteiger partial charge is 0.277 e.